The number of halogens is 1. The molecule has 0 radical (unpaired) electrons. The number of thioether (sulfide) groups is 1. The monoisotopic (exact) mass is 256 g/mol. The molecule has 0 amide bonds. The lowest BCUT2D eigenvalue weighted by Crippen LogP contribution is -2.46. The van der Waals surface area contributed by atoms with Crippen molar-refractivity contribution in [3.05, 3.63) is 28.8 Å². The second-order valence-electron chi connectivity index (χ2n) is 4.09. The highest BCUT2D eigenvalue weighted by molar-refractivity contribution is 7.99. The van der Waals surface area contributed by atoms with E-state index in [-0.39, 0.29) is 0 Å². The van der Waals surface area contributed by atoms with E-state index in [2.05, 4.69) is 23.1 Å². The number of anilines is 1. The van der Waals surface area contributed by atoms with E-state index in [4.69, 9.17) is 17.3 Å². The predicted molar refractivity (Wildman–Crippen MR) is 73.7 cm³/mol. The van der Waals surface area contributed by atoms with Gasteiger partial charge in [0.1, 0.15) is 0 Å². The van der Waals surface area contributed by atoms with Gasteiger partial charge in [-0.3, -0.25) is 0 Å². The molecule has 1 heterocycles. The molecule has 1 aromatic carbocycles. The second kappa shape index (κ2) is 5.30. The Hall–Kier alpha value is -0.380. The molecule has 1 saturated heterocycles. The van der Waals surface area contributed by atoms with E-state index in [0.29, 0.717) is 12.6 Å². The number of benzene rings is 1. The Morgan fingerprint density at radius 2 is 2.38 bits per heavy atom. The van der Waals surface area contributed by atoms with Gasteiger partial charge in [-0.2, -0.15) is 11.8 Å². The van der Waals surface area contributed by atoms with Crippen LogP contribution in [-0.4, -0.2) is 30.6 Å². The van der Waals surface area contributed by atoms with Crippen molar-refractivity contribution in [1.82, 2.24) is 0 Å². The van der Waals surface area contributed by atoms with Crippen molar-refractivity contribution in [3.8, 4) is 0 Å². The number of aryl methyl sites for hydroxylation is 1. The summed E-state index contributed by atoms with van der Waals surface area (Å²) >= 11 is 8.14. The summed E-state index contributed by atoms with van der Waals surface area (Å²) in [6.07, 6.45) is 0. The molecular weight excluding hydrogens is 240 g/mol. The molecule has 1 atom stereocenters. The highest BCUT2D eigenvalue weighted by Gasteiger charge is 2.21. The zero-order valence-electron chi connectivity index (χ0n) is 9.45. The van der Waals surface area contributed by atoms with Gasteiger partial charge < -0.3 is 10.6 Å². The molecule has 2 nitrogen and oxygen atoms in total. The lowest BCUT2D eigenvalue weighted by atomic mass is 10.1. The van der Waals surface area contributed by atoms with Gasteiger partial charge in [0.2, 0.25) is 0 Å². The molecule has 4 heteroatoms. The molecule has 1 fully saturated rings. The SMILES string of the molecule is Cc1ccc(N2CCSCC2CN)cc1Cl. The second-order valence-corrected chi connectivity index (χ2v) is 5.65. The average Bonchev–Trinajstić information content (AvgIpc) is 2.32. The number of hydrogen-bond donors (Lipinski definition) is 1. The van der Waals surface area contributed by atoms with Gasteiger partial charge >= 0.3 is 0 Å². The van der Waals surface area contributed by atoms with Gasteiger partial charge in [-0.15, -0.1) is 0 Å². The first kappa shape index (κ1) is 12.1. The van der Waals surface area contributed by atoms with Gasteiger partial charge in [-0.25, -0.2) is 0 Å². The maximum absolute atomic E-state index is 6.16. The third-order valence-corrected chi connectivity index (χ3v) is 4.49. The van der Waals surface area contributed by atoms with Gasteiger partial charge in [0.15, 0.2) is 0 Å². The minimum absolute atomic E-state index is 0.442. The Labute approximate surface area is 106 Å². The standard InChI is InChI=1S/C12H17ClN2S/c1-9-2-3-10(6-12(9)13)15-4-5-16-8-11(15)7-14/h2-3,6,11H,4-5,7-8,14H2,1H3. The number of hydrogen-bond acceptors (Lipinski definition) is 3. The van der Waals surface area contributed by atoms with Crippen LogP contribution in [0.5, 0.6) is 0 Å². The minimum Gasteiger partial charge on any atom is -0.366 e. The summed E-state index contributed by atoms with van der Waals surface area (Å²) in [7, 11) is 0. The summed E-state index contributed by atoms with van der Waals surface area (Å²) in [5.74, 6) is 2.28. The van der Waals surface area contributed by atoms with E-state index in [0.717, 1.165) is 22.9 Å². The van der Waals surface area contributed by atoms with E-state index in [1.165, 1.54) is 11.4 Å². The third kappa shape index (κ3) is 2.47. The zero-order valence-corrected chi connectivity index (χ0v) is 11.0. The maximum Gasteiger partial charge on any atom is 0.0503 e. The lowest BCUT2D eigenvalue weighted by molar-refractivity contribution is 0.655. The minimum atomic E-state index is 0.442. The van der Waals surface area contributed by atoms with Gasteiger partial charge in [-0.1, -0.05) is 17.7 Å². The van der Waals surface area contributed by atoms with Crippen LogP contribution in [0, 0.1) is 6.92 Å². The molecule has 1 unspecified atom stereocenters. The van der Waals surface area contributed by atoms with Crippen molar-refractivity contribution in [2.24, 2.45) is 5.73 Å². The Morgan fingerprint density at radius 3 is 3.06 bits per heavy atom. The van der Waals surface area contributed by atoms with Crippen molar-refractivity contribution in [2.75, 3.05) is 29.5 Å². The summed E-state index contributed by atoms with van der Waals surface area (Å²) in [6, 6.07) is 6.71. The average molecular weight is 257 g/mol. The Bertz CT molecular complexity index is 370. The quantitative estimate of drug-likeness (QED) is 0.882. The normalized spacial score (nSPS) is 21.2. The highest BCUT2D eigenvalue weighted by Crippen LogP contribution is 2.27. The fraction of sp³-hybridized carbons (Fsp3) is 0.500. The molecule has 1 aliphatic rings. The molecule has 0 bridgehead atoms. The first-order chi connectivity index (χ1) is 7.72. The Morgan fingerprint density at radius 1 is 1.56 bits per heavy atom. The summed E-state index contributed by atoms with van der Waals surface area (Å²) in [5, 5.41) is 0.839. The molecule has 0 saturated carbocycles. The molecule has 0 aliphatic carbocycles. The van der Waals surface area contributed by atoms with Crippen LogP contribution in [-0.2, 0) is 0 Å². The Kier molecular flexibility index (Phi) is 4.00. The predicted octanol–water partition coefficient (Wildman–Crippen LogP) is 2.53. The van der Waals surface area contributed by atoms with Gasteiger partial charge in [-0.05, 0) is 24.6 Å². The largest absolute Gasteiger partial charge is 0.366 e. The molecule has 1 aromatic rings. The van der Waals surface area contributed by atoms with Crippen LogP contribution < -0.4 is 10.6 Å². The number of nitrogens with two attached hydrogens (primary N) is 1. The summed E-state index contributed by atoms with van der Waals surface area (Å²) in [4.78, 5) is 2.38. The fourth-order valence-electron chi connectivity index (χ4n) is 1.95. The van der Waals surface area contributed by atoms with E-state index in [1.54, 1.807) is 0 Å². The first-order valence-electron chi connectivity index (χ1n) is 5.53. The van der Waals surface area contributed by atoms with Crippen molar-refractivity contribution in [1.29, 1.82) is 0 Å². The lowest BCUT2D eigenvalue weighted by Gasteiger charge is -2.36. The fourth-order valence-corrected chi connectivity index (χ4v) is 3.21. The van der Waals surface area contributed by atoms with Crippen LogP contribution in [0.4, 0.5) is 5.69 Å². The molecule has 2 N–H and O–H groups in total. The molecule has 0 spiro atoms. The van der Waals surface area contributed by atoms with Crippen molar-refractivity contribution < 1.29 is 0 Å². The van der Waals surface area contributed by atoms with Crippen LogP contribution in [0.1, 0.15) is 5.56 Å². The van der Waals surface area contributed by atoms with Gasteiger partial charge in [0, 0.05) is 35.3 Å². The van der Waals surface area contributed by atoms with Crippen LogP contribution >= 0.6 is 23.4 Å². The van der Waals surface area contributed by atoms with Crippen molar-refractivity contribution in [3.63, 3.8) is 0 Å². The topological polar surface area (TPSA) is 29.3 Å². The summed E-state index contributed by atoms with van der Waals surface area (Å²) in [6.45, 7) is 3.79. The summed E-state index contributed by atoms with van der Waals surface area (Å²) < 4.78 is 0. The van der Waals surface area contributed by atoms with Crippen LogP contribution in [0.15, 0.2) is 18.2 Å². The molecule has 16 heavy (non-hydrogen) atoms. The molecule has 0 aromatic heterocycles. The van der Waals surface area contributed by atoms with Crippen LogP contribution in [0.25, 0.3) is 0 Å². The van der Waals surface area contributed by atoms with Crippen molar-refractivity contribution >= 4 is 29.1 Å². The highest BCUT2D eigenvalue weighted by atomic mass is 35.5. The third-order valence-electron chi connectivity index (χ3n) is 2.99. The van der Waals surface area contributed by atoms with Gasteiger partial charge in [0.25, 0.3) is 0 Å². The van der Waals surface area contributed by atoms with Crippen molar-refractivity contribution in [2.45, 2.75) is 13.0 Å². The molecular formula is C12H17ClN2S. The smallest absolute Gasteiger partial charge is 0.0503 e. The van der Waals surface area contributed by atoms with Gasteiger partial charge in [0.05, 0.1) is 6.04 Å². The van der Waals surface area contributed by atoms with E-state index < -0.39 is 0 Å². The van der Waals surface area contributed by atoms with E-state index >= 15 is 0 Å². The van der Waals surface area contributed by atoms with Crippen LogP contribution in [0.3, 0.4) is 0 Å². The molecule has 2 rings (SSSR count). The molecule has 1 aliphatic heterocycles. The maximum atomic E-state index is 6.16. The van der Waals surface area contributed by atoms with E-state index in [1.807, 2.05) is 18.7 Å². The number of nitrogens with zero attached hydrogens (tertiary/aromatic N) is 1. The Balaban J connectivity index is 2.23. The summed E-state index contributed by atoms with van der Waals surface area (Å²) in [5.41, 5.74) is 8.14. The van der Waals surface area contributed by atoms with E-state index in [9.17, 15) is 0 Å². The number of rotatable bonds is 2. The molecule has 88 valence electrons. The zero-order chi connectivity index (χ0) is 11.5. The van der Waals surface area contributed by atoms with Crippen LogP contribution in [0.2, 0.25) is 5.02 Å². The first-order valence-corrected chi connectivity index (χ1v) is 7.06.